The number of hydrazone groups is 1. The molecule has 3 rings (SSSR count). The summed E-state index contributed by atoms with van der Waals surface area (Å²) in [5.41, 5.74) is 6.35. The van der Waals surface area contributed by atoms with Crippen molar-refractivity contribution in [2.75, 3.05) is 12.0 Å². The van der Waals surface area contributed by atoms with Gasteiger partial charge in [-0.2, -0.15) is 5.10 Å². The summed E-state index contributed by atoms with van der Waals surface area (Å²) in [6.07, 6.45) is 1.85. The lowest BCUT2D eigenvalue weighted by Crippen LogP contribution is -2.07. The molecule has 0 aliphatic heterocycles. The molecule has 0 radical (unpaired) electrons. The maximum Gasteiger partial charge on any atom is 0.311 e. The van der Waals surface area contributed by atoms with Crippen LogP contribution < -0.4 is 5.43 Å². The van der Waals surface area contributed by atoms with Gasteiger partial charge in [0.15, 0.2) is 0 Å². The number of phenols is 1. The first-order valence-corrected chi connectivity index (χ1v) is 9.30. The van der Waals surface area contributed by atoms with E-state index >= 15 is 0 Å². The quantitative estimate of drug-likeness (QED) is 0.366. The first-order valence-electron chi connectivity index (χ1n) is 8.42. The van der Waals surface area contributed by atoms with Gasteiger partial charge in [0.1, 0.15) is 5.75 Å². The fourth-order valence-electron chi connectivity index (χ4n) is 2.45. The molecule has 3 aromatic rings. The molecule has 6 nitrogen and oxygen atoms in total. The van der Waals surface area contributed by atoms with Crippen molar-refractivity contribution >= 4 is 28.7 Å². The third kappa shape index (κ3) is 5.39. The van der Waals surface area contributed by atoms with Crippen molar-refractivity contribution < 1.29 is 14.6 Å². The second-order valence-electron chi connectivity index (χ2n) is 5.67. The molecule has 27 heavy (non-hydrogen) atoms. The number of nitrogens with zero attached hydrogens (tertiary/aromatic N) is 2. The van der Waals surface area contributed by atoms with Crippen LogP contribution in [0.25, 0.3) is 11.1 Å². The molecule has 0 bridgehead atoms. The highest BCUT2D eigenvalue weighted by Gasteiger charge is 2.07. The minimum Gasteiger partial charge on any atom is -0.508 e. The van der Waals surface area contributed by atoms with Crippen molar-refractivity contribution in [2.24, 2.45) is 5.10 Å². The lowest BCUT2D eigenvalue weighted by Gasteiger charge is -2.03. The Labute approximate surface area is 161 Å². The number of esters is 1. The van der Waals surface area contributed by atoms with Crippen LogP contribution in [0.4, 0.5) is 5.13 Å². The van der Waals surface area contributed by atoms with Gasteiger partial charge in [-0.15, -0.1) is 11.3 Å². The largest absolute Gasteiger partial charge is 0.508 e. The van der Waals surface area contributed by atoms with E-state index in [-0.39, 0.29) is 18.1 Å². The number of carbonyl (C=O) groups excluding carboxylic acids is 1. The number of phenolic OH excluding ortho intramolecular Hbond substituents is 1. The van der Waals surface area contributed by atoms with Gasteiger partial charge in [-0.25, -0.2) is 4.98 Å². The third-order valence-corrected chi connectivity index (χ3v) is 4.42. The number of benzene rings is 2. The van der Waals surface area contributed by atoms with Crippen molar-refractivity contribution in [3.63, 3.8) is 0 Å². The number of carbonyl (C=O) groups is 1. The normalized spacial score (nSPS) is 10.9. The van der Waals surface area contributed by atoms with Crippen molar-refractivity contribution in [3.8, 4) is 16.9 Å². The summed E-state index contributed by atoms with van der Waals surface area (Å²) in [5, 5.41) is 16.2. The summed E-state index contributed by atoms with van der Waals surface area (Å²) >= 11 is 1.37. The Morgan fingerprint density at radius 1 is 1.26 bits per heavy atom. The standard InChI is InChI=1S/C20H19N3O3S/c1-2-26-19(25)11-17-13-27-20(22-17)23-21-12-14-5-3-6-15(9-14)16-7-4-8-18(24)10-16/h3-10,12-13,24H,2,11H2,1H3,(H,22,23). The summed E-state index contributed by atoms with van der Waals surface area (Å²) in [6, 6.07) is 14.9. The zero-order chi connectivity index (χ0) is 19.1. The zero-order valence-corrected chi connectivity index (χ0v) is 15.6. The fourth-order valence-corrected chi connectivity index (χ4v) is 3.10. The molecule has 2 aromatic carbocycles. The minimum atomic E-state index is -0.290. The van der Waals surface area contributed by atoms with Crippen LogP contribution in [0.3, 0.4) is 0 Å². The van der Waals surface area contributed by atoms with Gasteiger partial charge >= 0.3 is 5.97 Å². The van der Waals surface area contributed by atoms with E-state index in [4.69, 9.17) is 4.74 Å². The lowest BCUT2D eigenvalue weighted by molar-refractivity contribution is -0.142. The molecule has 0 spiro atoms. The molecule has 1 aromatic heterocycles. The van der Waals surface area contributed by atoms with Crippen LogP contribution >= 0.6 is 11.3 Å². The van der Waals surface area contributed by atoms with Gasteiger partial charge < -0.3 is 9.84 Å². The van der Waals surface area contributed by atoms with E-state index in [9.17, 15) is 9.90 Å². The Kier molecular flexibility index (Phi) is 6.17. The van der Waals surface area contributed by atoms with Crippen molar-refractivity contribution in [1.29, 1.82) is 0 Å². The summed E-state index contributed by atoms with van der Waals surface area (Å²) in [7, 11) is 0. The first kappa shape index (κ1) is 18.6. The number of ether oxygens (including phenoxy) is 1. The number of aromatic hydroxyl groups is 1. The second kappa shape index (κ2) is 8.95. The Hall–Kier alpha value is -3.19. The molecule has 2 N–H and O–H groups in total. The van der Waals surface area contributed by atoms with Gasteiger partial charge in [-0.05, 0) is 41.8 Å². The third-order valence-electron chi connectivity index (χ3n) is 3.62. The fraction of sp³-hybridized carbons (Fsp3) is 0.150. The second-order valence-corrected chi connectivity index (χ2v) is 6.53. The highest BCUT2D eigenvalue weighted by atomic mass is 32.1. The van der Waals surface area contributed by atoms with E-state index in [0.717, 1.165) is 16.7 Å². The van der Waals surface area contributed by atoms with Gasteiger partial charge in [0.05, 0.1) is 24.9 Å². The van der Waals surface area contributed by atoms with Crippen LogP contribution in [0.5, 0.6) is 5.75 Å². The van der Waals surface area contributed by atoms with Gasteiger partial charge in [0, 0.05) is 5.38 Å². The zero-order valence-electron chi connectivity index (χ0n) is 14.8. The molecule has 0 saturated heterocycles. The van der Waals surface area contributed by atoms with Crippen molar-refractivity contribution in [3.05, 3.63) is 65.2 Å². The van der Waals surface area contributed by atoms with Crippen molar-refractivity contribution in [2.45, 2.75) is 13.3 Å². The number of anilines is 1. The molecule has 0 aliphatic rings. The van der Waals surface area contributed by atoms with Crippen LogP contribution in [-0.2, 0) is 16.0 Å². The Balaban J connectivity index is 1.63. The molecule has 0 unspecified atom stereocenters. The van der Waals surface area contributed by atoms with Gasteiger partial charge in [0.2, 0.25) is 5.13 Å². The highest BCUT2D eigenvalue weighted by Crippen LogP contribution is 2.23. The maximum atomic E-state index is 11.5. The molecule has 0 saturated carbocycles. The predicted octanol–water partition coefficient (Wildman–Crippen LogP) is 4.07. The van der Waals surface area contributed by atoms with Crippen LogP contribution in [0, 0.1) is 0 Å². The number of nitrogens with one attached hydrogen (secondary N) is 1. The number of thiazole rings is 1. The van der Waals surface area contributed by atoms with E-state index in [1.54, 1.807) is 30.7 Å². The highest BCUT2D eigenvalue weighted by molar-refractivity contribution is 7.13. The average Bonchev–Trinajstić information content (AvgIpc) is 3.09. The minimum absolute atomic E-state index is 0.154. The molecule has 0 atom stereocenters. The number of aromatic nitrogens is 1. The van der Waals surface area contributed by atoms with Crippen LogP contribution in [0.1, 0.15) is 18.2 Å². The van der Waals surface area contributed by atoms with E-state index in [2.05, 4.69) is 15.5 Å². The molecular weight excluding hydrogens is 362 g/mol. The van der Waals surface area contributed by atoms with E-state index in [1.807, 2.05) is 36.4 Å². The van der Waals surface area contributed by atoms with Crippen molar-refractivity contribution in [1.82, 2.24) is 4.98 Å². The Morgan fingerprint density at radius 3 is 2.81 bits per heavy atom. The SMILES string of the molecule is CCOC(=O)Cc1csc(NN=Cc2cccc(-c3cccc(O)c3)c2)n1. The maximum absolute atomic E-state index is 11.5. The first-order chi connectivity index (χ1) is 13.1. The summed E-state index contributed by atoms with van der Waals surface area (Å²) < 4.78 is 4.91. The monoisotopic (exact) mass is 381 g/mol. The Bertz CT molecular complexity index is 953. The summed E-state index contributed by atoms with van der Waals surface area (Å²) in [5.74, 6) is -0.0581. The number of hydrogen-bond donors (Lipinski definition) is 2. The van der Waals surface area contributed by atoms with Crippen LogP contribution in [0.15, 0.2) is 59.0 Å². The molecule has 138 valence electrons. The average molecular weight is 381 g/mol. The molecular formula is C20H19N3O3S. The van der Waals surface area contributed by atoms with Gasteiger partial charge in [-0.3, -0.25) is 10.2 Å². The predicted molar refractivity (Wildman–Crippen MR) is 107 cm³/mol. The molecule has 0 amide bonds. The molecule has 0 fully saturated rings. The summed E-state index contributed by atoms with van der Waals surface area (Å²) in [6.45, 7) is 2.14. The smallest absolute Gasteiger partial charge is 0.311 e. The summed E-state index contributed by atoms with van der Waals surface area (Å²) in [4.78, 5) is 15.8. The lowest BCUT2D eigenvalue weighted by atomic mass is 10.0. The van der Waals surface area contributed by atoms with Gasteiger partial charge in [0.25, 0.3) is 0 Å². The molecule has 0 aliphatic carbocycles. The Morgan fingerprint density at radius 2 is 2.04 bits per heavy atom. The molecule has 7 heteroatoms. The van der Waals surface area contributed by atoms with Gasteiger partial charge in [-0.1, -0.05) is 30.3 Å². The molecule has 1 heterocycles. The number of rotatable bonds is 7. The topological polar surface area (TPSA) is 83.8 Å². The number of hydrogen-bond acceptors (Lipinski definition) is 7. The van der Waals surface area contributed by atoms with Crippen LogP contribution in [-0.4, -0.2) is 28.9 Å². The van der Waals surface area contributed by atoms with Crippen LogP contribution in [0.2, 0.25) is 0 Å². The van der Waals surface area contributed by atoms with E-state index in [0.29, 0.717) is 17.4 Å². The van der Waals surface area contributed by atoms with E-state index < -0.39 is 0 Å². The van der Waals surface area contributed by atoms with E-state index in [1.165, 1.54) is 11.3 Å².